The Morgan fingerprint density at radius 3 is 2.46 bits per heavy atom. The quantitative estimate of drug-likeness (QED) is 0.844. The molecule has 0 radical (unpaired) electrons. The second-order valence-electron chi connectivity index (χ2n) is 5.47. The number of likely N-dealkylation sites (N-methyl/N-ethyl adjacent to an activating group) is 1. The first-order valence-corrected chi connectivity index (χ1v) is 7.70. The number of hydrogen-bond acceptors (Lipinski definition) is 4. The normalized spacial score (nSPS) is 10.3. The molecular weight excluding hydrogens is 330 g/mol. The monoisotopic (exact) mass is 347 g/mol. The van der Waals surface area contributed by atoms with Gasteiger partial charge < -0.3 is 14.7 Å². The van der Waals surface area contributed by atoms with E-state index in [1.165, 1.54) is 17.0 Å². The molecule has 2 aromatic carbocycles. The fraction of sp³-hybridized carbons (Fsp3) is 0.222. The lowest BCUT2D eigenvalue weighted by molar-refractivity contribution is -0.133. The van der Waals surface area contributed by atoms with E-state index in [9.17, 15) is 14.7 Å². The Morgan fingerprint density at radius 2 is 1.83 bits per heavy atom. The summed E-state index contributed by atoms with van der Waals surface area (Å²) in [4.78, 5) is 25.4. The molecule has 0 spiro atoms. The van der Waals surface area contributed by atoms with Crippen LogP contribution >= 0.6 is 11.6 Å². The molecule has 5 nitrogen and oxygen atoms in total. The number of nitrogens with zero attached hydrogens (tertiary/aromatic N) is 1. The predicted molar refractivity (Wildman–Crippen MR) is 91.1 cm³/mol. The first-order valence-electron chi connectivity index (χ1n) is 7.32. The van der Waals surface area contributed by atoms with E-state index in [4.69, 9.17) is 16.3 Å². The largest absolute Gasteiger partial charge is 0.507 e. The van der Waals surface area contributed by atoms with Gasteiger partial charge in [-0.25, -0.2) is 4.79 Å². The van der Waals surface area contributed by atoms with E-state index in [2.05, 4.69) is 0 Å². The topological polar surface area (TPSA) is 66.8 Å². The molecule has 24 heavy (non-hydrogen) atoms. The number of amides is 1. The molecule has 0 saturated heterocycles. The first-order chi connectivity index (χ1) is 11.4. The second-order valence-corrected chi connectivity index (χ2v) is 5.91. The zero-order chi connectivity index (χ0) is 17.7. The Kier molecular flexibility index (Phi) is 5.82. The fourth-order valence-electron chi connectivity index (χ4n) is 2.08. The zero-order valence-corrected chi connectivity index (χ0v) is 14.2. The Labute approximate surface area is 145 Å². The highest BCUT2D eigenvalue weighted by Gasteiger charge is 2.16. The van der Waals surface area contributed by atoms with Gasteiger partial charge in [-0.1, -0.05) is 29.8 Å². The van der Waals surface area contributed by atoms with Gasteiger partial charge in [0.2, 0.25) is 0 Å². The van der Waals surface area contributed by atoms with Gasteiger partial charge in [0.25, 0.3) is 5.91 Å². The third-order valence-corrected chi connectivity index (χ3v) is 3.71. The molecular formula is C18H18ClNO4. The van der Waals surface area contributed by atoms with E-state index in [1.807, 2.05) is 12.1 Å². The van der Waals surface area contributed by atoms with Crippen molar-refractivity contribution in [1.82, 2.24) is 4.90 Å². The fourth-order valence-corrected chi connectivity index (χ4v) is 2.21. The van der Waals surface area contributed by atoms with Crippen molar-refractivity contribution in [3.63, 3.8) is 0 Å². The van der Waals surface area contributed by atoms with E-state index in [0.29, 0.717) is 11.6 Å². The smallest absolute Gasteiger partial charge is 0.342 e. The van der Waals surface area contributed by atoms with Crippen molar-refractivity contribution < 1.29 is 19.4 Å². The number of phenolic OH excluding ortho intramolecular Hbond substituents is 1. The van der Waals surface area contributed by atoms with Gasteiger partial charge in [0.1, 0.15) is 11.3 Å². The minimum atomic E-state index is -0.735. The molecule has 126 valence electrons. The number of hydrogen-bond donors (Lipinski definition) is 1. The van der Waals surface area contributed by atoms with Crippen molar-refractivity contribution >= 4 is 23.5 Å². The molecule has 0 fully saturated rings. The van der Waals surface area contributed by atoms with Crippen LogP contribution in [0.15, 0.2) is 42.5 Å². The molecule has 0 atom stereocenters. The molecule has 0 aliphatic rings. The van der Waals surface area contributed by atoms with Crippen LogP contribution in [0.3, 0.4) is 0 Å². The number of esters is 1. The molecule has 0 aliphatic carbocycles. The summed E-state index contributed by atoms with van der Waals surface area (Å²) in [6.07, 6.45) is 0. The molecule has 2 rings (SSSR count). The van der Waals surface area contributed by atoms with E-state index in [1.54, 1.807) is 32.2 Å². The standard InChI is InChI=1S/C18H18ClNO4/c1-12-3-8-15(16(21)9-12)18(23)24-11-17(22)20(2)10-13-4-6-14(19)7-5-13/h3-9,21H,10-11H2,1-2H3. The molecule has 2 aromatic rings. The average Bonchev–Trinajstić information content (AvgIpc) is 2.54. The Morgan fingerprint density at radius 1 is 1.17 bits per heavy atom. The van der Waals surface area contributed by atoms with Crippen LogP contribution in [-0.4, -0.2) is 35.5 Å². The second kappa shape index (κ2) is 7.84. The van der Waals surface area contributed by atoms with Gasteiger partial charge in [0.05, 0.1) is 0 Å². The van der Waals surface area contributed by atoms with E-state index in [-0.39, 0.29) is 17.2 Å². The molecule has 0 unspecified atom stereocenters. The Bertz CT molecular complexity index is 743. The first kappa shape index (κ1) is 17.8. The van der Waals surface area contributed by atoms with Crippen molar-refractivity contribution in [1.29, 1.82) is 0 Å². The molecule has 0 saturated carbocycles. The van der Waals surface area contributed by atoms with Crippen LogP contribution in [0.4, 0.5) is 0 Å². The van der Waals surface area contributed by atoms with Crippen molar-refractivity contribution in [2.45, 2.75) is 13.5 Å². The summed E-state index contributed by atoms with van der Waals surface area (Å²) < 4.78 is 4.98. The van der Waals surface area contributed by atoms with Crippen molar-refractivity contribution in [2.24, 2.45) is 0 Å². The van der Waals surface area contributed by atoms with Crippen LogP contribution < -0.4 is 0 Å². The number of aryl methyl sites for hydroxylation is 1. The Hall–Kier alpha value is -2.53. The highest BCUT2D eigenvalue weighted by Crippen LogP contribution is 2.19. The zero-order valence-electron chi connectivity index (χ0n) is 13.5. The van der Waals surface area contributed by atoms with Crippen LogP contribution in [0.2, 0.25) is 5.02 Å². The number of benzene rings is 2. The maximum absolute atomic E-state index is 12.0. The SMILES string of the molecule is Cc1ccc(C(=O)OCC(=O)N(C)Cc2ccc(Cl)cc2)c(O)c1. The number of rotatable bonds is 5. The highest BCUT2D eigenvalue weighted by molar-refractivity contribution is 6.30. The highest BCUT2D eigenvalue weighted by atomic mass is 35.5. The third kappa shape index (κ3) is 4.73. The summed E-state index contributed by atoms with van der Waals surface area (Å²) >= 11 is 5.82. The summed E-state index contributed by atoms with van der Waals surface area (Å²) in [5.74, 6) is -1.24. The maximum Gasteiger partial charge on any atom is 0.342 e. The number of carbonyl (C=O) groups is 2. The number of carbonyl (C=O) groups excluding carboxylic acids is 2. The molecule has 1 N–H and O–H groups in total. The Balaban J connectivity index is 1.89. The third-order valence-electron chi connectivity index (χ3n) is 3.46. The van der Waals surface area contributed by atoms with Crippen LogP contribution in [0.25, 0.3) is 0 Å². The van der Waals surface area contributed by atoms with Gasteiger partial charge in [-0.3, -0.25) is 4.79 Å². The lowest BCUT2D eigenvalue weighted by atomic mass is 10.1. The van der Waals surface area contributed by atoms with Crippen molar-refractivity contribution in [2.75, 3.05) is 13.7 Å². The van der Waals surface area contributed by atoms with Crippen LogP contribution in [0, 0.1) is 6.92 Å². The van der Waals surface area contributed by atoms with Gasteiger partial charge in [-0.05, 0) is 42.3 Å². The minimum Gasteiger partial charge on any atom is -0.507 e. The predicted octanol–water partition coefficient (Wildman–Crippen LogP) is 3.17. The van der Waals surface area contributed by atoms with Gasteiger partial charge >= 0.3 is 5.97 Å². The lowest BCUT2D eigenvalue weighted by Gasteiger charge is -2.17. The summed E-state index contributed by atoms with van der Waals surface area (Å²) in [7, 11) is 1.62. The van der Waals surface area contributed by atoms with Gasteiger partial charge in [-0.15, -0.1) is 0 Å². The number of aromatic hydroxyl groups is 1. The van der Waals surface area contributed by atoms with Crippen LogP contribution in [-0.2, 0) is 16.1 Å². The molecule has 0 heterocycles. The van der Waals surface area contributed by atoms with Gasteiger partial charge in [0, 0.05) is 18.6 Å². The van der Waals surface area contributed by atoms with Crippen molar-refractivity contribution in [3.8, 4) is 5.75 Å². The van der Waals surface area contributed by atoms with Crippen LogP contribution in [0.5, 0.6) is 5.75 Å². The maximum atomic E-state index is 12.0. The molecule has 0 aliphatic heterocycles. The van der Waals surface area contributed by atoms with Crippen LogP contribution in [0.1, 0.15) is 21.5 Å². The summed E-state index contributed by atoms with van der Waals surface area (Å²) in [5.41, 5.74) is 1.77. The van der Waals surface area contributed by atoms with Crippen molar-refractivity contribution in [3.05, 3.63) is 64.2 Å². The number of phenols is 1. The minimum absolute atomic E-state index is 0.0359. The van der Waals surface area contributed by atoms with E-state index >= 15 is 0 Å². The summed E-state index contributed by atoms with van der Waals surface area (Å²) in [5, 5.41) is 10.4. The number of ether oxygens (including phenoxy) is 1. The van der Waals surface area contributed by atoms with E-state index in [0.717, 1.165) is 11.1 Å². The van der Waals surface area contributed by atoms with E-state index < -0.39 is 12.6 Å². The lowest BCUT2D eigenvalue weighted by Crippen LogP contribution is -2.30. The summed E-state index contributed by atoms with van der Waals surface area (Å²) in [6, 6.07) is 11.8. The molecule has 1 amide bonds. The summed E-state index contributed by atoms with van der Waals surface area (Å²) in [6.45, 7) is 1.78. The number of halogens is 1. The van der Waals surface area contributed by atoms with Gasteiger partial charge in [-0.2, -0.15) is 0 Å². The van der Waals surface area contributed by atoms with Gasteiger partial charge in [0.15, 0.2) is 6.61 Å². The average molecular weight is 348 g/mol. The molecule has 0 bridgehead atoms. The molecule has 0 aromatic heterocycles. The molecule has 6 heteroatoms.